The summed E-state index contributed by atoms with van der Waals surface area (Å²) < 4.78 is 0. The third-order valence-electron chi connectivity index (χ3n) is 1.72. The predicted molar refractivity (Wildman–Crippen MR) is 54.1 cm³/mol. The molecule has 0 aliphatic carbocycles. The minimum absolute atomic E-state index is 0.0196. The van der Waals surface area contributed by atoms with Crippen LogP contribution in [0.1, 0.15) is 41.1 Å². The fourth-order valence-electron chi connectivity index (χ4n) is 1.20. The maximum Gasteiger partial charge on any atom is 0.277 e. The topological polar surface area (TPSA) is 56.0 Å². The van der Waals surface area contributed by atoms with E-state index >= 15 is 0 Å². The Kier molecular flexibility index (Phi) is 2.43. The number of aromatic nitrogens is 1. The lowest BCUT2D eigenvalue weighted by molar-refractivity contribution is 0.0999. The van der Waals surface area contributed by atoms with E-state index in [9.17, 15) is 4.79 Å². The van der Waals surface area contributed by atoms with Crippen LogP contribution in [0.25, 0.3) is 0 Å². The number of rotatable bonds is 1. The van der Waals surface area contributed by atoms with Crippen molar-refractivity contribution in [1.29, 1.82) is 0 Å². The zero-order valence-corrected chi connectivity index (χ0v) is 9.16. The number of hydrogen-bond acceptors (Lipinski definition) is 3. The average Bonchev–Trinajstić information content (AvgIpc) is 2.29. The third kappa shape index (κ3) is 2.06. The van der Waals surface area contributed by atoms with Gasteiger partial charge in [0.15, 0.2) is 5.01 Å². The molecule has 13 heavy (non-hydrogen) atoms. The summed E-state index contributed by atoms with van der Waals surface area (Å²) in [6.45, 7) is 8.17. The van der Waals surface area contributed by atoms with Crippen LogP contribution in [0.4, 0.5) is 0 Å². The molecule has 2 N–H and O–H groups in total. The van der Waals surface area contributed by atoms with Gasteiger partial charge in [0.2, 0.25) is 0 Å². The molecule has 1 aromatic heterocycles. The van der Waals surface area contributed by atoms with E-state index in [4.69, 9.17) is 5.73 Å². The maximum absolute atomic E-state index is 10.9. The average molecular weight is 198 g/mol. The number of nitrogens with two attached hydrogens (primary N) is 1. The van der Waals surface area contributed by atoms with Gasteiger partial charge in [-0.3, -0.25) is 4.79 Å². The molecule has 1 heterocycles. The summed E-state index contributed by atoms with van der Waals surface area (Å²) in [6.07, 6.45) is 0. The molecule has 0 bridgehead atoms. The molecule has 1 aromatic rings. The minimum Gasteiger partial charge on any atom is -0.364 e. The molecule has 0 aromatic carbocycles. The number of aryl methyl sites for hydroxylation is 1. The highest BCUT2D eigenvalue weighted by atomic mass is 32.1. The lowest BCUT2D eigenvalue weighted by atomic mass is 9.92. The lowest BCUT2D eigenvalue weighted by Crippen LogP contribution is -2.15. The van der Waals surface area contributed by atoms with E-state index in [-0.39, 0.29) is 5.41 Å². The quantitative estimate of drug-likeness (QED) is 0.748. The molecular formula is C9H14N2OS. The van der Waals surface area contributed by atoms with Crippen LogP contribution in [0.2, 0.25) is 0 Å². The van der Waals surface area contributed by atoms with Crippen molar-refractivity contribution in [3.05, 3.63) is 15.6 Å². The Morgan fingerprint density at radius 3 is 2.23 bits per heavy atom. The van der Waals surface area contributed by atoms with Gasteiger partial charge in [-0.05, 0) is 6.92 Å². The first-order valence-electron chi connectivity index (χ1n) is 4.10. The van der Waals surface area contributed by atoms with E-state index < -0.39 is 5.91 Å². The summed E-state index contributed by atoms with van der Waals surface area (Å²) in [4.78, 5) is 16.2. The molecule has 1 rings (SSSR count). The second kappa shape index (κ2) is 3.10. The molecule has 0 spiro atoms. The second-order valence-corrected chi connectivity index (χ2v) is 5.24. The van der Waals surface area contributed by atoms with Crippen LogP contribution in [0, 0.1) is 6.92 Å². The number of hydrogen-bond donors (Lipinski definition) is 1. The van der Waals surface area contributed by atoms with E-state index in [0.29, 0.717) is 5.01 Å². The highest BCUT2D eigenvalue weighted by Crippen LogP contribution is 2.28. The molecule has 0 aliphatic heterocycles. The first-order chi connectivity index (χ1) is 5.82. The third-order valence-corrected chi connectivity index (χ3v) is 2.70. The summed E-state index contributed by atoms with van der Waals surface area (Å²) in [6, 6.07) is 0. The normalized spacial score (nSPS) is 11.7. The standard InChI is InChI=1S/C9H14N2OS/c1-5-6(9(2,3)4)11-8(13-5)7(10)12/h1-4H3,(H2,10,12). The van der Waals surface area contributed by atoms with E-state index in [0.717, 1.165) is 10.6 Å². The molecule has 72 valence electrons. The minimum atomic E-state index is -0.441. The van der Waals surface area contributed by atoms with Crippen molar-refractivity contribution in [2.45, 2.75) is 33.1 Å². The highest BCUT2D eigenvalue weighted by Gasteiger charge is 2.22. The van der Waals surface area contributed by atoms with Gasteiger partial charge in [0.05, 0.1) is 5.69 Å². The molecular weight excluding hydrogens is 184 g/mol. The molecule has 0 saturated carbocycles. The number of amides is 1. The molecule has 0 unspecified atom stereocenters. The van der Waals surface area contributed by atoms with Crippen molar-refractivity contribution in [2.75, 3.05) is 0 Å². The Bertz CT molecular complexity index is 336. The van der Waals surface area contributed by atoms with Gasteiger partial charge in [0.1, 0.15) is 0 Å². The molecule has 0 aliphatic rings. The van der Waals surface area contributed by atoms with E-state index in [1.165, 1.54) is 11.3 Å². The smallest absolute Gasteiger partial charge is 0.277 e. The predicted octanol–water partition coefficient (Wildman–Crippen LogP) is 1.85. The summed E-state index contributed by atoms with van der Waals surface area (Å²) in [7, 11) is 0. The number of nitrogens with zero attached hydrogens (tertiary/aromatic N) is 1. The Morgan fingerprint density at radius 2 is 2.00 bits per heavy atom. The second-order valence-electron chi connectivity index (χ2n) is 4.04. The molecule has 0 fully saturated rings. The van der Waals surface area contributed by atoms with E-state index in [1.807, 2.05) is 6.92 Å². The van der Waals surface area contributed by atoms with Gasteiger partial charge in [-0.25, -0.2) is 4.98 Å². The molecule has 0 atom stereocenters. The largest absolute Gasteiger partial charge is 0.364 e. The van der Waals surface area contributed by atoms with Crippen molar-refractivity contribution >= 4 is 17.2 Å². The van der Waals surface area contributed by atoms with Crippen LogP contribution in [0.5, 0.6) is 0 Å². The van der Waals surface area contributed by atoms with Crippen LogP contribution in [0.15, 0.2) is 0 Å². The van der Waals surface area contributed by atoms with Crippen LogP contribution in [-0.2, 0) is 5.41 Å². The number of thiazole rings is 1. The number of primary amides is 1. The Labute approximate surface area is 82.0 Å². The fraction of sp³-hybridized carbons (Fsp3) is 0.556. The van der Waals surface area contributed by atoms with E-state index in [1.54, 1.807) is 0 Å². The van der Waals surface area contributed by atoms with Crippen molar-refractivity contribution < 1.29 is 4.79 Å². The van der Waals surface area contributed by atoms with Crippen LogP contribution in [0.3, 0.4) is 0 Å². The van der Waals surface area contributed by atoms with Gasteiger partial charge in [0.25, 0.3) is 5.91 Å². The van der Waals surface area contributed by atoms with Crippen LogP contribution < -0.4 is 5.73 Å². The zero-order chi connectivity index (χ0) is 10.2. The fourth-order valence-corrected chi connectivity index (χ4v) is 2.17. The van der Waals surface area contributed by atoms with Gasteiger partial charge >= 0.3 is 0 Å². The monoisotopic (exact) mass is 198 g/mol. The lowest BCUT2D eigenvalue weighted by Gasteiger charge is -2.15. The molecule has 0 saturated heterocycles. The highest BCUT2D eigenvalue weighted by molar-refractivity contribution is 7.13. The molecule has 0 radical (unpaired) electrons. The molecule has 3 nitrogen and oxygen atoms in total. The van der Waals surface area contributed by atoms with Gasteiger partial charge in [0, 0.05) is 10.3 Å². The van der Waals surface area contributed by atoms with Crippen molar-refractivity contribution in [3.63, 3.8) is 0 Å². The van der Waals surface area contributed by atoms with Gasteiger partial charge < -0.3 is 5.73 Å². The molecule has 1 amide bonds. The first kappa shape index (κ1) is 10.2. The summed E-state index contributed by atoms with van der Waals surface area (Å²) >= 11 is 1.36. The van der Waals surface area contributed by atoms with Gasteiger partial charge in [-0.15, -0.1) is 11.3 Å². The Hall–Kier alpha value is -0.900. The van der Waals surface area contributed by atoms with Crippen LogP contribution in [-0.4, -0.2) is 10.9 Å². The Balaban J connectivity index is 3.18. The number of carbonyl (C=O) groups is 1. The van der Waals surface area contributed by atoms with Crippen molar-refractivity contribution in [3.8, 4) is 0 Å². The van der Waals surface area contributed by atoms with Gasteiger partial charge in [-0.1, -0.05) is 20.8 Å². The maximum atomic E-state index is 10.9. The van der Waals surface area contributed by atoms with Crippen molar-refractivity contribution in [1.82, 2.24) is 4.98 Å². The first-order valence-corrected chi connectivity index (χ1v) is 4.91. The SMILES string of the molecule is Cc1sc(C(N)=O)nc1C(C)(C)C. The van der Waals surface area contributed by atoms with E-state index in [2.05, 4.69) is 25.8 Å². The van der Waals surface area contributed by atoms with Gasteiger partial charge in [-0.2, -0.15) is 0 Å². The summed E-state index contributed by atoms with van der Waals surface area (Å²) in [5.41, 5.74) is 6.09. The Morgan fingerprint density at radius 1 is 1.46 bits per heavy atom. The van der Waals surface area contributed by atoms with Crippen LogP contribution >= 0.6 is 11.3 Å². The number of carbonyl (C=O) groups excluding carboxylic acids is 1. The summed E-state index contributed by atoms with van der Waals surface area (Å²) in [5, 5.41) is 0.405. The van der Waals surface area contributed by atoms with Crippen molar-refractivity contribution in [2.24, 2.45) is 5.73 Å². The molecule has 4 heteroatoms. The zero-order valence-electron chi connectivity index (χ0n) is 8.34. The summed E-state index contributed by atoms with van der Waals surface area (Å²) in [5.74, 6) is -0.441.